The molecule has 2 heteroatoms. The summed E-state index contributed by atoms with van der Waals surface area (Å²) in [6.45, 7) is 10.3. The Hall–Kier alpha value is -7.16. The van der Waals surface area contributed by atoms with Crippen molar-refractivity contribution in [2.45, 2.75) is 59.4 Å². The maximum atomic E-state index is 2.61. The summed E-state index contributed by atoms with van der Waals surface area (Å²) < 4.78 is 2.49. The minimum absolute atomic E-state index is 0.133. The second kappa shape index (κ2) is 17.0. The van der Waals surface area contributed by atoms with E-state index in [4.69, 9.17) is 0 Å². The van der Waals surface area contributed by atoms with Crippen molar-refractivity contribution in [3.8, 4) is 27.9 Å². The van der Waals surface area contributed by atoms with Crippen LogP contribution in [0.2, 0.25) is 0 Å². The number of nitrogens with zero attached hydrogens (tertiary/aromatic N) is 2. The van der Waals surface area contributed by atoms with E-state index in [1.165, 1.54) is 105 Å². The van der Waals surface area contributed by atoms with Crippen LogP contribution < -0.4 is 4.90 Å². The number of hydrogen-bond donors (Lipinski definition) is 0. The fraction of sp³-hybridized carbons (Fsp3) is 0.148. The molecular formula is C61H54N2. The van der Waals surface area contributed by atoms with E-state index >= 15 is 0 Å². The molecule has 0 saturated carbocycles. The van der Waals surface area contributed by atoms with E-state index in [2.05, 4.69) is 217 Å². The van der Waals surface area contributed by atoms with E-state index < -0.39 is 0 Å². The van der Waals surface area contributed by atoms with Gasteiger partial charge in [0.05, 0.1) is 17.3 Å². The van der Waals surface area contributed by atoms with E-state index in [-0.39, 0.29) is 12.0 Å². The molecule has 0 bridgehead atoms. The van der Waals surface area contributed by atoms with Gasteiger partial charge in [-0.15, -0.1) is 0 Å². The molecule has 12 rings (SSSR count). The van der Waals surface area contributed by atoms with Crippen LogP contribution in [-0.2, 0) is 6.42 Å². The van der Waals surface area contributed by atoms with E-state index in [9.17, 15) is 0 Å². The Morgan fingerprint density at radius 2 is 1.03 bits per heavy atom. The highest BCUT2D eigenvalue weighted by molar-refractivity contribution is 6.26. The Morgan fingerprint density at radius 3 is 1.81 bits per heavy atom. The molecule has 0 saturated heterocycles. The number of para-hydroxylation sites is 2. The van der Waals surface area contributed by atoms with Gasteiger partial charge in [0.2, 0.25) is 0 Å². The van der Waals surface area contributed by atoms with Crippen LogP contribution >= 0.6 is 0 Å². The number of benzene rings is 9. The minimum atomic E-state index is 0.133. The van der Waals surface area contributed by atoms with Gasteiger partial charge in [-0.25, -0.2) is 0 Å². The fourth-order valence-electron chi connectivity index (χ4n) is 10.4. The Bertz CT molecular complexity index is 3300. The predicted molar refractivity (Wildman–Crippen MR) is 273 cm³/mol. The van der Waals surface area contributed by atoms with Gasteiger partial charge in [-0.1, -0.05) is 199 Å². The standard InChI is InChI=1S/C57H42N2.2C2H6/c1-2-13-37-24-30-46-44-18-6-7-19-45(44)51-36-43(29-31-47(51)50(46)34-37)59-53-23-11-9-21-49(53)57-55(59)33-32-54-56(57)48-20-8-10-22-52(48)58(54)42-17-12-16-41(35-42)40-27-25-39(26-28-40)38-14-4-3-5-15-38;2*1-2/h3-12,14-36,55,57H,2,13H2,1H3;2*1-2H3. The number of aromatic nitrogens is 1. The molecule has 1 aliphatic carbocycles. The molecule has 1 aromatic heterocycles. The Kier molecular flexibility index (Phi) is 10.7. The Morgan fingerprint density at radius 1 is 0.444 bits per heavy atom. The van der Waals surface area contributed by atoms with Crippen LogP contribution in [0.15, 0.2) is 194 Å². The molecule has 0 amide bonds. The molecule has 2 heterocycles. The summed E-state index contributed by atoms with van der Waals surface area (Å²) >= 11 is 0. The van der Waals surface area contributed by atoms with Gasteiger partial charge in [0, 0.05) is 28.4 Å². The number of aryl methyl sites for hydroxylation is 1. The van der Waals surface area contributed by atoms with E-state index in [1.807, 2.05) is 27.7 Å². The van der Waals surface area contributed by atoms with Gasteiger partial charge in [0.15, 0.2) is 0 Å². The van der Waals surface area contributed by atoms with Crippen molar-refractivity contribution in [2.75, 3.05) is 4.90 Å². The monoisotopic (exact) mass is 814 g/mol. The highest BCUT2D eigenvalue weighted by Gasteiger charge is 2.43. The van der Waals surface area contributed by atoms with Gasteiger partial charge in [0.25, 0.3) is 0 Å². The molecule has 10 aromatic rings. The third kappa shape index (κ3) is 6.64. The summed E-state index contributed by atoms with van der Waals surface area (Å²) in [5.74, 6) is 0.173. The molecule has 2 nitrogen and oxygen atoms in total. The number of rotatable bonds is 6. The molecule has 0 fully saturated rings. The van der Waals surface area contributed by atoms with Crippen LogP contribution in [0, 0.1) is 0 Å². The minimum Gasteiger partial charge on any atom is -0.333 e. The van der Waals surface area contributed by atoms with Crippen LogP contribution in [0.3, 0.4) is 0 Å². The van der Waals surface area contributed by atoms with Crippen molar-refractivity contribution in [1.29, 1.82) is 0 Å². The van der Waals surface area contributed by atoms with Gasteiger partial charge in [-0.05, 0) is 120 Å². The SMILES string of the molecule is CC.CC.CCCc1ccc2c3ccccc3c3cc(N4c5ccccc5C5c6c(n(-c7cccc(-c8ccc(-c9ccccc9)cc8)c7)c7ccccc67)C=CC54)ccc3c2c1. The first-order valence-corrected chi connectivity index (χ1v) is 23.1. The van der Waals surface area contributed by atoms with Crippen molar-refractivity contribution in [3.05, 3.63) is 217 Å². The van der Waals surface area contributed by atoms with Crippen molar-refractivity contribution >= 4 is 60.7 Å². The smallest absolute Gasteiger partial charge is 0.0637 e. The van der Waals surface area contributed by atoms with Crippen molar-refractivity contribution in [1.82, 2.24) is 4.57 Å². The molecule has 2 unspecified atom stereocenters. The average Bonchev–Trinajstić information content (AvgIpc) is 3.88. The summed E-state index contributed by atoms with van der Waals surface area (Å²) in [5.41, 5.74) is 15.3. The highest BCUT2D eigenvalue weighted by atomic mass is 15.2. The second-order valence-corrected chi connectivity index (χ2v) is 16.3. The lowest BCUT2D eigenvalue weighted by atomic mass is 9.82. The van der Waals surface area contributed by atoms with Crippen LogP contribution in [0.1, 0.15) is 69.3 Å². The first kappa shape index (κ1) is 39.9. The molecule has 2 aliphatic rings. The first-order valence-electron chi connectivity index (χ1n) is 23.1. The predicted octanol–water partition coefficient (Wildman–Crippen LogP) is 17.1. The Labute approximate surface area is 372 Å². The van der Waals surface area contributed by atoms with Crippen molar-refractivity contribution in [2.24, 2.45) is 0 Å². The zero-order chi connectivity index (χ0) is 43.0. The van der Waals surface area contributed by atoms with Crippen LogP contribution in [0.4, 0.5) is 11.4 Å². The van der Waals surface area contributed by atoms with Crippen LogP contribution in [0.25, 0.3) is 77.2 Å². The van der Waals surface area contributed by atoms with E-state index in [1.54, 1.807) is 0 Å². The zero-order valence-corrected chi connectivity index (χ0v) is 37.0. The molecule has 0 N–H and O–H groups in total. The van der Waals surface area contributed by atoms with Gasteiger partial charge >= 0.3 is 0 Å². The van der Waals surface area contributed by atoms with Gasteiger partial charge < -0.3 is 9.47 Å². The quantitative estimate of drug-likeness (QED) is 0.152. The normalized spacial score (nSPS) is 14.8. The summed E-state index contributed by atoms with van der Waals surface area (Å²) in [5, 5.41) is 9.25. The van der Waals surface area contributed by atoms with Crippen molar-refractivity contribution < 1.29 is 0 Å². The van der Waals surface area contributed by atoms with Gasteiger partial charge in [0.1, 0.15) is 0 Å². The molecular weight excluding hydrogens is 761 g/mol. The third-order valence-electron chi connectivity index (χ3n) is 13.0. The molecule has 0 radical (unpaired) electrons. The molecule has 1 aliphatic heterocycles. The summed E-state index contributed by atoms with van der Waals surface area (Å²) in [4.78, 5) is 2.61. The molecule has 0 spiro atoms. The maximum Gasteiger partial charge on any atom is 0.0637 e. The van der Waals surface area contributed by atoms with Crippen molar-refractivity contribution in [3.63, 3.8) is 0 Å². The largest absolute Gasteiger partial charge is 0.333 e. The Balaban J connectivity index is 0.00000115. The lowest BCUT2D eigenvalue weighted by Gasteiger charge is -2.31. The topological polar surface area (TPSA) is 8.17 Å². The second-order valence-electron chi connectivity index (χ2n) is 16.3. The lowest BCUT2D eigenvalue weighted by Crippen LogP contribution is -2.30. The maximum absolute atomic E-state index is 2.61. The molecule has 63 heavy (non-hydrogen) atoms. The first-order chi connectivity index (χ1) is 31.2. The summed E-state index contributed by atoms with van der Waals surface area (Å²) in [7, 11) is 0. The van der Waals surface area contributed by atoms with Crippen LogP contribution in [-0.4, -0.2) is 10.6 Å². The fourth-order valence-corrected chi connectivity index (χ4v) is 10.4. The van der Waals surface area contributed by atoms with E-state index in [0.29, 0.717) is 0 Å². The summed E-state index contributed by atoms with van der Waals surface area (Å²) in [6.07, 6.45) is 7.10. The highest BCUT2D eigenvalue weighted by Crippen LogP contribution is 2.54. The zero-order valence-electron chi connectivity index (χ0n) is 37.0. The molecule has 308 valence electrons. The lowest BCUT2D eigenvalue weighted by molar-refractivity contribution is 0.726. The average molecular weight is 815 g/mol. The summed E-state index contributed by atoms with van der Waals surface area (Å²) in [6, 6.07) is 70.2. The molecule has 2 atom stereocenters. The number of hydrogen-bond acceptors (Lipinski definition) is 1. The number of anilines is 2. The van der Waals surface area contributed by atoms with Gasteiger partial charge in [-0.2, -0.15) is 0 Å². The third-order valence-corrected chi connectivity index (χ3v) is 13.0. The van der Waals surface area contributed by atoms with Crippen LogP contribution in [0.5, 0.6) is 0 Å². The van der Waals surface area contributed by atoms with Gasteiger partial charge in [-0.3, -0.25) is 0 Å². The van der Waals surface area contributed by atoms with E-state index in [0.717, 1.165) is 12.8 Å². The number of fused-ring (bicyclic) bond motifs is 13. The molecule has 9 aromatic carbocycles.